The lowest BCUT2D eigenvalue weighted by atomic mass is 10.0. The van der Waals surface area contributed by atoms with Gasteiger partial charge in [0.15, 0.2) is 11.5 Å². The van der Waals surface area contributed by atoms with E-state index in [4.69, 9.17) is 13.9 Å². The first-order chi connectivity index (χ1) is 16.8. The molecule has 0 aliphatic carbocycles. The maximum Gasteiger partial charge on any atom is 0.257 e. The second-order valence-electron chi connectivity index (χ2n) is 8.62. The summed E-state index contributed by atoms with van der Waals surface area (Å²) in [7, 11) is 2.99. The highest BCUT2D eigenvalue weighted by atomic mass is 16.5. The third kappa shape index (κ3) is 4.77. The lowest BCUT2D eigenvalue weighted by Gasteiger charge is -2.27. The molecule has 1 aliphatic rings. The van der Waals surface area contributed by atoms with E-state index in [1.165, 1.54) is 25.4 Å². The van der Waals surface area contributed by atoms with Crippen LogP contribution in [0.3, 0.4) is 0 Å². The van der Waals surface area contributed by atoms with Crippen molar-refractivity contribution in [1.82, 2.24) is 4.90 Å². The molecule has 1 atom stereocenters. The van der Waals surface area contributed by atoms with Gasteiger partial charge in [-0.3, -0.25) is 14.4 Å². The van der Waals surface area contributed by atoms with Crippen LogP contribution in [0.25, 0.3) is 0 Å². The standard InChI is InChI=1S/C27H28N2O6/c1-17(2)18-7-10-20(11-8-18)29-25(30)15-22(27(29)32)28(16-21-6-5-13-35-21)26(31)19-9-12-23(33-3)24(14-19)34-4/h5-14,17,22H,15-16H2,1-4H3. The fraction of sp³-hybridized carbons (Fsp3) is 0.296. The van der Waals surface area contributed by atoms with Crippen molar-refractivity contribution in [2.45, 2.75) is 38.8 Å². The van der Waals surface area contributed by atoms with E-state index in [0.717, 1.165) is 10.5 Å². The summed E-state index contributed by atoms with van der Waals surface area (Å²) in [6.07, 6.45) is 1.38. The smallest absolute Gasteiger partial charge is 0.257 e. The number of anilines is 1. The number of carbonyl (C=O) groups is 3. The van der Waals surface area contributed by atoms with Crippen molar-refractivity contribution in [1.29, 1.82) is 0 Å². The van der Waals surface area contributed by atoms with E-state index in [1.807, 2.05) is 12.1 Å². The average Bonchev–Trinajstić information content (AvgIpc) is 3.48. The average molecular weight is 477 g/mol. The Balaban J connectivity index is 1.67. The van der Waals surface area contributed by atoms with Crippen molar-refractivity contribution in [3.05, 3.63) is 77.7 Å². The maximum atomic E-state index is 13.6. The van der Waals surface area contributed by atoms with E-state index in [9.17, 15) is 14.4 Å². The van der Waals surface area contributed by atoms with Crippen LogP contribution in [0.2, 0.25) is 0 Å². The maximum absolute atomic E-state index is 13.6. The molecule has 8 heteroatoms. The monoisotopic (exact) mass is 476 g/mol. The van der Waals surface area contributed by atoms with Crippen LogP contribution in [0.5, 0.6) is 11.5 Å². The Morgan fingerprint density at radius 2 is 1.77 bits per heavy atom. The summed E-state index contributed by atoms with van der Waals surface area (Å²) in [5.74, 6) is 0.449. The van der Waals surface area contributed by atoms with Crippen LogP contribution in [0, 0.1) is 0 Å². The quantitative estimate of drug-likeness (QED) is 0.448. The van der Waals surface area contributed by atoms with Crippen LogP contribution in [-0.2, 0) is 16.1 Å². The number of carbonyl (C=O) groups excluding carboxylic acids is 3. The fourth-order valence-electron chi connectivity index (χ4n) is 4.17. The number of amides is 3. The molecule has 0 bridgehead atoms. The Morgan fingerprint density at radius 3 is 2.37 bits per heavy atom. The molecule has 2 aromatic carbocycles. The van der Waals surface area contributed by atoms with Gasteiger partial charge in [-0.15, -0.1) is 0 Å². The predicted octanol–water partition coefficient (Wildman–Crippen LogP) is 4.39. The van der Waals surface area contributed by atoms with Gasteiger partial charge in [0.25, 0.3) is 11.8 Å². The van der Waals surface area contributed by atoms with Gasteiger partial charge in [-0.1, -0.05) is 26.0 Å². The van der Waals surface area contributed by atoms with E-state index >= 15 is 0 Å². The summed E-state index contributed by atoms with van der Waals surface area (Å²) in [6, 6.07) is 14.6. The molecule has 1 aromatic heterocycles. The number of hydrogen-bond acceptors (Lipinski definition) is 6. The number of methoxy groups -OCH3 is 2. The van der Waals surface area contributed by atoms with Gasteiger partial charge in [0, 0.05) is 5.56 Å². The molecule has 3 aromatic rings. The van der Waals surface area contributed by atoms with Gasteiger partial charge in [0.05, 0.1) is 39.1 Å². The lowest BCUT2D eigenvalue weighted by molar-refractivity contribution is -0.122. The van der Waals surface area contributed by atoms with Crippen LogP contribution < -0.4 is 14.4 Å². The molecule has 0 radical (unpaired) electrons. The van der Waals surface area contributed by atoms with Gasteiger partial charge in [0.2, 0.25) is 5.91 Å². The van der Waals surface area contributed by atoms with Gasteiger partial charge in [-0.25, -0.2) is 4.90 Å². The fourth-order valence-corrected chi connectivity index (χ4v) is 4.17. The molecule has 0 saturated carbocycles. The van der Waals surface area contributed by atoms with E-state index < -0.39 is 17.9 Å². The number of ether oxygens (including phenoxy) is 2. The van der Waals surface area contributed by atoms with Crippen LogP contribution in [-0.4, -0.2) is 42.9 Å². The third-order valence-electron chi connectivity index (χ3n) is 6.11. The molecular weight excluding hydrogens is 448 g/mol. The third-order valence-corrected chi connectivity index (χ3v) is 6.11. The van der Waals surface area contributed by atoms with E-state index in [2.05, 4.69) is 13.8 Å². The van der Waals surface area contributed by atoms with E-state index in [-0.39, 0.29) is 18.9 Å². The molecular formula is C27H28N2O6. The van der Waals surface area contributed by atoms with Crippen molar-refractivity contribution in [2.24, 2.45) is 0 Å². The van der Waals surface area contributed by atoms with Gasteiger partial charge >= 0.3 is 0 Å². The normalized spacial score (nSPS) is 15.6. The summed E-state index contributed by atoms with van der Waals surface area (Å²) in [6.45, 7) is 4.18. The molecule has 0 N–H and O–H groups in total. The molecule has 1 aliphatic heterocycles. The first kappa shape index (κ1) is 24.1. The Bertz CT molecular complexity index is 1220. The molecule has 4 rings (SSSR count). The second kappa shape index (κ2) is 10.0. The highest BCUT2D eigenvalue weighted by Gasteiger charge is 2.45. The van der Waals surface area contributed by atoms with E-state index in [0.29, 0.717) is 34.4 Å². The highest BCUT2D eigenvalue weighted by molar-refractivity contribution is 6.23. The topological polar surface area (TPSA) is 89.3 Å². The molecule has 2 heterocycles. The van der Waals surface area contributed by atoms with Crippen LogP contribution in [0.1, 0.15) is 47.9 Å². The minimum absolute atomic E-state index is 0.0317. The van der Waals surface area contributed by atoms with Crippen molar-refractivity contribution >= 4 is 23.4 Å². The number of benzene rings is 2. The predicted molar refractivity (Wildman–Crippen MR) is 130 cm³/mol. The van der Waals surface area contributed by atoms with Crippen molar-refractivity contribution in [3.63, 3.8) is 0 Å². The number of imide groups is 1. The zero-order chi connectivity index (χ0) is 25.1. The Labute approximate surface area is 204 Å². The summed E-state index contributed by atoms with van der Waals surface area (Å²) in [5.41, 5.74) is 1.89. The molecule has 182 valence electrons. The van der Waals surface area contributed by atoms with Crippen LogP contribution in [0.15, 0.2) is 65.3 Å². The molecule has 1 saturated heterocycles. The molecule has 1 fully saturated rings. The number of furan rings is 1. The highest BCUT2D eigenvalue weighted by Crippen LogP contribution is 2.31. The Kier molecular flexibility index (Phi) is 6.91. The molecule has 0 spiro atoms. The molecule has 3 amide bonds. The summed E-state index contributed by atoms with van der Waals surface area (Å²) >= 11 is 0. The minimum atomic E-state index is -0.974. The van der Waals surface area contributed by atoms with Gasteiger partial charge in [-0.2, -0.15) is 0 Å². The molecule has 8 nitrogen and oxygen atoms in total. The number of nitrogens with zero attached hydrogens (tertiary/aromatic N) is 2. The zero-order valence-electron chi connectivity index (χ0n) is 20.2. The first-order valence-corrected chi connectivity index (χ1v) is 11.4. The number of rotatable bonds is 8. The summed E-state index contributed by atoms with van der Waals surface area (Å²) in [5, 5.41) is 0. The van der Waals surface area contributed by atoms with Crippen molar-refractivity contribution in [2.75, 3.05) is 19.1 Å². The molecule has 35 heavy (non-hydrogen) atoms. The minimum Gasteiger partial charge on any atom is -0.493 e. The van der Waals surface area contributed by atoms with Gasteiger partial charge in [-0.05, 0) is 53.9 Å². The van der Waals surface area contributed by atoms with Gasteiger partial charge < -0.3 is 18.8 Å². The second-order valence-corrected chi connectivity index (χ2v) is 8.62. The summed E-state index contributed by atoms with van der Waals surface area (Å²) < 4.78 is 16.0. The largest absolute Gasteiger partial charge is 0.493 e. The van der Waals surface area contributed by atoms with Crippen LogP contribution in [0.4, 0.5) is 5.69 Å². The Hall–Kier alpha value is -4.07. The van der Waals surface area contributed by atoms with Crippen molar-refractivity contribution in [3.8, 4) is 11.5 Å². The van der Waals surface area contributed by atoms with Gasteiger partial charge in [0.1, 0.15) is 11.8 Å². The first-order valence-electron chi connectivity index (χ1n) is 11.4. The van der Waals surface area contributed by atoms with Crippen molar-refractivity contribution < 1.29 is 28.3 Å². The number of hydrogen-bond donors (Lipinski definition) is 0. The van der Waals surface area contributed by atoms with E-state index in [1.54, 1.807) is 42.5 Å². The lowest BCUT2D eigenvalue weighted by Crippen LogP contribution is -2.45. The zero-order valence-corrected chi connectivity index (χ0v) is 20.2. The molecule has 1 unspecified atom stereocenters. The van der Waals surface area contributed by atoms with Crippen LogP contribution >= 0.6 is 0 Å². The summed E-state index contributed by atoms with van der Waals surface area (Å²) in [4.78, 5) is 42.7. The Morgan fingerprint density at radius 1 is 1.06 bits per heavy atom. The SMILES string of the molecule is COc1ccc(C(=O)N(Cc2ccco2)C2CC(=O)N(c3ccc(C(C)C)cc3)C2=O)cc1OC.